The Kier molecular flexibility index (Phi) is 2.77. The van der Waals surface area contributed by atoms with Crippen LogP contribution in [0.5, 0.6) is 0 Å². The second kappa shape index (κ2) is 4.22. The van der Waals surface area contributed by atoms with Crippen LogP contribution in [-0.4, -0.2) is 16.0 Å². The summed E-state index contributed by atoms with van der Waals surface area (Å²) in [6.45, 7) is 2.16. The Balaban J connectivity index is 1.91. The van der Waals surface area contributed by atoms with Crippen molar-refractivity contribution in [2.75, 3.05) is 0 Å². The minimum absolute atomic E-state index is 0.203. The van der Waals surface area contributed by atoms with E-state index in [2.05, 4.69) is 15.5 Å². The van der Waals surface area contributed by atoms with Gasteiger partial charge in [0.15, 0.2) is 5.76 Å². The highest BCUT2D eigenvalue weighted by Crippen LogP contribution is 2.03. The van der Waals surface area contributed by atoms with Crippen LogP contribution >= 0.6 is 11.3 Å². The van der Waals surface area contributed by atoms with E-state index < -0.39 is 0 Å². The topological polar surface area (TPSA) is 68.0 Å². The second-order valence-corrected chi connectivity index (χ2v) is 3.71. The average Bonchev–Trinajstić information content (AvgIpc) is 2.84. The zero-order chi connectivity index (χ0) is 10.7. The lowest BCUT2D eigenvalue weighted by Gasteiger charge is -1.98. The van der Waals surface area contributed by atoms with Crippen molar-refractivity contribution in [3.05, 3.63) is 34.1 Å². The van der Waals surface area contributed by atoms with Crippen LogP contribution in [0.2, 0.25) is 0 Å². The molecule has 0 saturated heterocycles. The molecule has 0 radical (unpaired) electrons. The van der Waals surface area contributed by atoms with E-state index in [-0.39, 0.29) is 5.91 Å². The smallest absolute Gasteiger partial charge is 0.271 e. The summed E-state index contributed by atoms with van der Waals surface area (Å²) >= 11 is 1.39. The fourth-order valence-electron chi connectivity index (χ4n) is 1.08. The highest BCUT2D eigenvalue weighted by atomic mass is 32.1. The van der Waals surface area contributed by atoms with Gasteiger partial charge in [0.1, 0.15) is 5.69 Å². The quantitative estimate of drug-likeness (QED) is 0.853. The first-order valence-electron chi connectivity index (χ1n) is 4.34. The van der Waals surface area contributed by atoms with Crippen LogP contribution in [0.1, 0.15) is 21.9 Å². The zero-order valence-corrected chi connectivity index (χ0v) is 8.87. The van der Waals surface area contributed by atoms with E-state index in [1.807, 2.05) is 6.92 Å². The van der Waals surface area contributed by atoms with E-state index in [1.165, 1.54) is 11.3 Å². The number of nitrogens with one attached hydrogen (secondary N) is 1. The maximum absolute atomic E-state index is 11.5. The third-order valence-corrected chi connectivity index (χ3v) is 2.35. The van der Waals surface area contributed by atoms with Gasteiger partial charge in [0.05, 0.1) is 17.7 Å². The van der Waals surface area contributed by atoms with Gasteiger partial charge in [0.25, 0.3) is 5.91 Å². The van der Waals surface area contributed by atoms with Gasteiger partial charge in [-0.2, -0.15) is 0 Å². The molecule has 2 aromatic heterocycles. The van der Waals surface area contributed by atoms with Gasteiger partial charge in [-0.3, -0.25) is 4.79 Å². The van der Waals surface area contributed by atoms with Gasteiger partial charge in [-0.25, -0.2) is 4.98 Å². The van der Waals surface area contributed by atoms with Crippen molar-refractivity contribution in [3.63, 3.8) is 0 Å². The molecule has 0 saturated carbocycles. The molecular weight excluding hydrogens is 214 g/mol. The first-order valence-corrected chi connectivity index (χ1v) is 5.28. The van der Waals surface area contributed by atoms with Gasteiger partial charge in [-0.15, -0.1) is 11.3 Å². The van der Waals surface area contributed by atoms with Gasteiger partial charge in [0.2, 0.25) is 0 Å². The molecule has 0 spiro atoms. The maximum atomic E-state index is 11.5. The van der Waals surface area contributed by atoms with Crippen LogP contribution in [0.4, 0.5) is 0 Å². The number of carbonyl (C=O) groups excluding carboxylic acids is 1. The molecule has 0 unspecified atom stereocenters. The summed E-state index contributed by atoms with van der Waals surface area (Å²) in [6, 6.07) is 1.78. The number of hydrogen-bond acceptors (Lipinski definition) is 5. The Morgan fingerprint density at radius 3 is 3.13 bits per heavy atom. The van der Waals surface area contributed by atoms with Crippen LogP contribution in [0.15, 0.2) is 21.5 Å². The van der Waals surface area contributed by atoms with Crippen molar-refractivity contribution >= 4 is 17.2 Å². The molecule has 0 atom stereocenters. The minimum atomic E-state index is -0.203. The van der Waals surface area contributed by atoms with Gasteiger partial charge in [-0.1, -0.05) is 5.16 Å². The molecule has 2 heterocycles. The minimum Gasteiger partial charge on any atom is -0.359 e. The Bertz CT molecular complexity index is 450. The fourth-order valence-corrected chi connectivity index (χ4v) is 1.61. The van der Waals surface area contributed by atoms with E-state index in [1.54, 1.807) is 17.0 Å². The lowest BCUT2D eigenvalue weighted by atomic mass is 10.3. The van der Waals surface area contributed by atoms with E-state index in [4.69, 9.17) is 4.52 Å². The van der Waals surface area contributed by atoms with Gasteiger partial charge in [0, 0.05) is 11.4 Å². The van der Waals surface area contributed by atoms with Gasteiger partial charge < -0.3 is 9.84 Å². The molecule has 0 bridgehead atoms. The van der Waals surface area contributed by atoms with Crippen molar-refractivity contribution in [2.45, 2.75) is 13.5 Å². The number of hydrogen-bond donors (Lipinski definition) is 1. The van der Waals surface area contributed by atoms with Crippen LogP contribution in [-0.2, 0) is 6.54 Å². The molecule has 1 N–H and O–H groups in total. The van der Waals surface area contributed by atoms with Crippen molar-refractivity contribution < 1.29 is 9.32 Å². The van der Waals surface area contributed by atoms with Gasteiger partial charge in [-0.05, 0) is 6.92 Å². The molecule has 6 heteroatoms. The molecule has 5 nitrogen and oxygen atoms in total. The predicted octanol–water partition coefficient (Wildman–Crippen LogP) is 1.37. The molecule has 0 aliphatic heterocycles. The SMILES string of the molecule is Cc1cc(CNC(=O)c2cscn2)on1. The molecule has 0 fully saturated rings. The number of amides is 1. The summed E-state index contributed by atoms with van der Waals surface area (Å²) in [6.07, 6.45) is 0. The Hall–Kier alpha value is -1.69. The molecule has 78 valence electrons. The third-order valence-electron chi connectivity index (χ3n) is 1.76. The van der Waals surface area contributed by atoms with Crippen LogP contribution in [0.25, 0.3) is 0 Å². The largest absolute Gasteiger partial charge is 0.359 e. The van der Waals surface area contributed by atoms with E-state index in [0.717, 1.165) is 5.69 Å². The average molecular weight is 223 g/mol. The summed E-state index contributed by atoms with van der Waals surface area (Å²) < 4.78 is 4.95. The normalized spacial score (nSPS) is 10.2. The fraction of sp³-hybridized carbons (Fsp3) is 0.222. The summed E-state index contributed by atoms with van der Waals surface area (Å²) in [5, 5.41) is 8.10. The Morgan fingerprint density at radius 2 is 2.53 bits per heavy atom. The number of aryl methyl sites for hydroxylation is 1. The molecule has 15 heavy (non-hydrogen) atoms. The Labute approximate surface area is 90.1 Å². The summed E-state index contributed by atoms with van der Waals surface area (Å²) in [5.41, 5.74) is 2.84. The van der Waals surface area contributed by atoms with Crippen LogP contribution in [0.3, 0.4) is 0 Å². The van der Waals surface area contributed by atoms with E-state index in [9.17, 15) is 4.79 Å². The summed E-state index contributed by atoms with van der Waals surface area (Å²) in [4.78, 5) is 15.4. The number of thiazole rings is 1. The second-order valence-electron chi connectivity index (χ2n) is 2.99. The number of aromatic nitrogens is 2. The zero-order valence-electron chi connectivity index (χ0n) is 8.06. The number of nitrogens with zero attached hydrogens (tertiary/aromatic N) is 2. The summed E-state index contributed by atoms with van der Waals surface area (Å²) in [7, 11) is 0. The maximum Gasteiger partial charge on any atom is 0.271 e. The molecular formula is C9H9N3O2S. The standard InChI is InChI=1S/C9H9N3O2S/c1-6-2-7(14-12-6)3-10-9(13)8-4-15-5-11-8/h2,4-5H,3H2,1H3,(H,10,13). The third kappa shape index (κ3) is 2.41. The lowest BCUT2D eigenvalue weighted by molar-refractivity contribution is 0.0943. The first kappa shape index (κ1) is 9.85. The van der Waals surface area contributed by atoms with Crippen molar-refractivity contribution in [3.8, 4) is 0 Å². The van der Waals surface area contributed by atoms with Gasteiger partial charge >= 0.3 is 0 Å². The van der Waals surface area contributed by atoms with E-state index >= 15 is 0 Å². The molecule has 0 aliphatic rings. The number of carbonyl (C=O) groups is 1. The molecule has 0 aromatic carbocycles. The monoisotopic (exact) mass is 223 g/mol. The van der Waals surface area contributed by atoms with Crippen molar-refractivity contribution in [2.24, 2.45) is 0 Å². The van der Waals surface area contributed by atoms with E-state index in [0.29, 0.717) is 18.0 Å². The molecule has 2 aromatic rings. The molecule has 2 rings (SSSR count). The predicted molar refractivity (Wildman–Crippen MR) is 54.5 cm³/mol. The Morgan fingerprint density at radius 1 is 1.67 bits per heavy atom. The van der Waals surface area contributed by atoms with Crippen LogP contribution in [0, 0.1) is 6.92 Å². The molecule has 0 aliphatic carbocycles. The lowest BCUT2D eigenvalue weighted by Crippen LogP contribution is -2.22. The summed E-state index contributed by atoms with van der Waals surface area (Å²) in [5.74, 6) is 0.432. The van der Waals surface area contributed by atoms with Crippen molar-refractivity contribution in [1.29, 1.82) is 0 Å². The van der Waals surface area contributed by atoms with Crippen LogP contribution < -0.4 is 5.32 Å². The number of rotatable bonds is 3. The van der Waals surface area contributed by atoms with Crippen molar-refractivity contribution in [1.82, 2.24) is 15.5 Å². The highest BCUT2D eigenvalue weighted by molar-refractivity contribution is 7.07. The first-order chi connectivity index (χ1) is 7.25. The highest BCUT2D eigenvalue weighted by Gasteiger charge is 2.08. The molecule has 1 amide bonds.